The smallest absolute Gasteiger partial charge is 0.223 e. The molecule has 126 valence electrons. The second kappa shape index (κ2) is 7.45. The average molecular weight is 358 g/mol. The molecule has 0 spiro atoms. The average Bonchev–Trinajstić information content (AvgIpc) is 2.85. The van der Waals surface area contributed by atoms with Gasteiger partial charge in [-0.15, -0.1) is 0 Å². The Labute approximate surface area is 141 Å². The number of benzene rings is 1. The number of ketones is 1. The molecule has 1 aliphatic rings. The number of Topliss-reactive ketones (excluding diaryl/α,β-unsaturated/α-hetero) is 1. The number of rotatable bonds is 6. The van der Waals surface area contributed by atoms with Gasteiger partial charge < -0.3 is 4.90 Å². The van der Waals surface area contributed by atoms with Gasteiger partial charge in [0.1, 0.15) is 0 Å². The number of amides is 1. The summed E-state index contributed by atoms with van der Waals surface area (Å²) in [7, 11) is -3.04. The van der Waals surface area contributed by atoms with Gasteiger partial charge >= 0.3 is 0 Å². The predicted molar refractivity (Wildman–Crippen MR) is 89.5 cm³/mol. The van der Waals surface area contributed by atoms with Crippen molar-refractivity contribution < 1.29 is 18.0 Å². The summed E-state index contributed by atoms with van der Waals surface area (Å²) >= 11 is 5.85. The van der Waals surface area contributed by atoms with Crippen LogP contribution in [0.25, 0.3) is 0 Å². The fraction of sp³-hybridized carbons (Fsp3) is 0.500. The standard InChI is InChI=1S/C16H20ClNO4S/c1-2-18(14-8-9-23(21,22)11-14)16(20)7-6-15(19)12-4-3-5-13(17)10-12/h3-5,10,14H,2,6-9,11H2,1H3. The molecule has 1 aliphatic heterocycles. The fourth-order valence-corrected chi connectivity index (χ4v) is 4.75. The van der Waals surface area contributed by atoms with Gasteiger partial charge in [-0.05, 0) is 25.5 Å². The molecular formula is C16H20ClNO4S. The third-order valence-corrected chi connectivity index (χ3v) is 6.01. The minimum Gasteiger partial charge on any atom is -0.339 e. The second-order valence-electron chi connectivity index (χ2n) is 5.67. The number of nitrogens with zero attached hydrogens (tertiary/aromatic N) is 1. The van der Waals surface area contributed by atoms with E-state index in [1.807, 2.05) is 6.92 Å². The van der Waals surface area contributed by atoms with Crippen molar-refractivity contribution in [2.45, 2.75) is 32.2 Å². The van der Waals surface area contributed by atoms with Crippen LogP contribution in [0.1, 0.15) is 36.5 Å². The third-order valence-electron chi connectivity index (χ3n) is 4.02. The summed E-state index contributed by atoms with van der Waals surface area (Å²) in [6, 6.07) is 6.36. The second-order valence-corrected chi connectivity index (χ2v) is 8.34. The molecule has 0 saturated carbocycles. The van der Waals surface area contributed by atoms with E-state index in [9.17, 15) is 18.0 Å². The molecule has 1 unspecified atom stereocenters. The molecule has 5 nitrogen and oxygen atoms in total. The quantitative estimate of drug-likeness (QED) is 0.732. The molecule has 1 aromatic rings. The maximum Gasteiger partial charge on any atom is 0.223 e. The topological polar surface area (TPSA) is 71.5 Å². The molecule has 1 saturated heterocycles. The molecule has 23 heavy (non-hydrogen) atoms. The number of sulfone groups is 1. The zero-order valence-electron chi connectivity index (χ0n) is 13.0. The summed E-state index contributed by atoms with van der Waals surface area (Å²) in [4.78, 5) is 26.0. The molecule has 1 atom stereocenters. The Bertz CT molecular complexity index is 702. The maximum atomic E-state index is 12.3. The molecular weight excluding hydrogens is 338 g/mol. The minimum atomic E-state index is -3.04. The molecule has 0 bridgehead atoms. The van der Waals surface area contributed by atoms with E-state index in [4.69, 9.17) is 11.6 Å². The first-order valence-electron chi connectivity index (χ1n) is 7.61. The summed E-state index contributed by atoms with van der Waals surface area (Å²) in [5.41, 5.74) is 0.483. The summed E-state index contributed by atoms with van der Waals surface area (Å²) in [5, 5.41) is 0.480. The van der Waals surface area contributed by atoms with Crippen LogP contribution in [0.15, 0.2) is 24.3 Å². The van der Waals surface area contributed by atoms with E-state index in [0.717, 1.165) is 0 Å². The van der Waals surface area contributed by atoms with Gasteiger partial charge in [0, 0.05) is 36.0 Å². The summed E-state index contributed by atoms with van der Waals surface area (Å²) in [6.45, 7) is 2.27. The highest BCUT2D eigenvalue weighted by atomic mass is 35.5. The Kier molecular flexibility index (Phi) is 5.81. The zero-order valence-corrected chi connectivity index (χ0v) is 14.6. The largest absolute Gasteiger partial charge is 0.339 e. The lowest BCUT2D eigenvalue weighted by Gasteiger charge is -2.26. The van der Waals surface area contributed by atoms with Crippen molar-refractivity contribution in [2.75, 3.05) is 18.1 Å². The number of hydrogen-bond acceptors (Lipinski definition) is 4. The van der Waals surface area contributed by atoms with Crippen LogP contribution in [0.5, 0.6) is 0 Å². The first-order chi connectivity index (χ1) is 10.8. The Morgan fingerprint density at radius 3 is 2.61 bits per heavy atom. The van der Waals surface area contributed by atoms with Crippen LogP contribution in [0.4, 0.5) is 0 Å². The molecule has 0 radical (unpaired) electrons. The van der Waals surface area contributed by atoms with Crippen LogP contribution in [0.2, 0.25) is 5.02 Å². The van der Waals surface area contributed by atoms with Gasteiger partial charge in [-0.3, -0.25) is 9.59 Å². The molecule has 2 rings (SSSR count). The lowest BCUT2D eigenvalue weighted by atomic mass is 10.1. The van der Waals surface area contributed by atoms with E-state index in [1.165, 1.54) is 0 Å². The van der Waals surface area contributed by atoms with E-state index in [2.05, 4.69) is 0 Å². The summed E-state index contributed by atoms with van der Waals surface area (Å²) in [6.07, 6.45) is 0.648. The Hall–Kier alpha value is -1.40. The Morgan fingerprint density at radius 1 is 1.30 bits per heavy atom. The lowest BCUT2D eigenvalue weighted by Crippen LogP contribution is -2.41. The fourth-order valence-electron chi connectivity index (χ4n) is 2.83. The van der Waals surface area contributed by atoms with E-state index >= 15 is 0 Å². The van der Waals surface area contributed by atoms with Crippen LogP contribution in [0.3, 0.4) is 0 Å². The molecule has 7 heteroatoms. The summed E-state index contributed by atoms with van der Waals surface area (Å²) in [5.74, 6) is -0.168. The number of carbonyl (C=O) groups excluding carboxylic acids is 2. The van der Waals surface area contributed by atoms with Gasteiger partial charge in [-0.25, -0.2) is 8.42 Å². The lowest BCUT2D eigenvalue weighted by molar-refractivity contribution is -0.132. The number of hydrogen-bond donors (Lipinski definition) is 0. The van der Waals surface area contributed by atoms with Crippen molar-refractivity contribution >= 4 is 33.1 Å². The summed E-state index contributed by atoms with van der Waals surface area (Å²) < 4.78 is 23.1. The Morgan fingerprint density at radius 2 is 2.04 bits per heavy atom. The first kappa shape index (κ1) is 17.9. The van der Waals surface area contributed by atoms with E-state index in [-0.39, 0.29) is 42.1 Å². The van der Waals surface area contributed by atoms with Crippen LogP contribution < -0.4 is 0 Å². The van der Waals surface area contributed by atoms with E-state index < -0.39 is 9.84 Å². The van der Waals surface area contributed by atoms with Crippen molar-refractivity contribution in [3.8, 4) is 0 Å². The maximum absolute atomic E-state index is 12.3. The van der Waals surface area contributed by atoms with Gasteiger partial charge in [0.05, 0.1) is 11.5 Å². The van der Waals surface area contributed by atoms with Crippen molar-refractivity contribution in [1.29, 1.82) is 0 Å². The monoisotopic (exact) mass is 357 g/mol. The van der Waals surface area contributed by atoms with E-state index in [1.54, 1.807) is 29.2 Å². The van der Waals surface area contributed by atoms with Gasteiger partial charge in [0.15, 0.2) is 15.6 Å². The van der Waals surface area contributed by atoms with Gasteiger partial charge in [0.2, 0.25) is 5.91 Å². The van der Waals surface area contributed by atoms with Gasteiger partial charge in [-0.1, -0.05) is 23.7 Å². The molecule has 0 aromatic heterocycles. The number of carbonyl (C=O) groups is 2. The van der Waals surface area contributed by atoms with Crippen molar-refractivity contribution in [3.63, 3.8) is 0 Å². The van der Waals surface area contributed by atoms with Crippen LogP contribution in [-0.4, -0.2) is 49.1 Å². The van der Waals surface area contributed by atoms with Crippen molar-refractivity contribution in [1.82, 2.24) is 4.90 Å². The Balaban J connectivity index is 1.94. The molecule has 1 fully saturated rings. The van der Waals surface area contributed by atoms with Crippen molar-refractivity contribution in [2.24, 2.45) is 0 Å². The van der Waals surface area contributed by atoms with Gasteiger partial charge in [-0.2, -0.15) is 0 Å². The minimum absolute atomic E-state index is 0.0226. The molecule has 0 N–H and O–H groups in total. The predicted octanol–water partition coefficient (Wildman–Crippen LogP) is 2.34. The zero-order chi connectivity index (χ0) is 17.0. The van der Waals surface area contributed by atoms with Crippen LogP contribution in [-0.2, 0) is 14.6 Å². The van der Waals surface area contributed by atoms with Crippen molar-refractivity contribution in [3.05, 3.63) is 34.9 Å². The molecule has 1 aromatic carbocycles. The molecule has 1 amide bonds. The normalized spacial score (nSPS) is 19.5. The van der Waals surface area contributed by atoms with Crippen LogP contribution >= 0.6 is 11.6 Å². The molecule has 0 aliphatic carbocycles. The first-order valence-corrected chi connectivity index (χ1v) is 9.81. The van der Waals surface area contributed by atoms with Gasteiger partial charge in [0.25, 0.3) is 0 Å². The highest BCUT2D eigenvalue weighted by molar-refractivity contribution is 7.91. The van der Waals surface area contributed by atoms with Crippen LogP contribution in [0, 0.1) is 0 Å². The number of halogens is 1. The molecule has 1 heterocycles. The highest BCUT2D eigenvalue weighted by Crippen LogP contribution is 2.19. The highest BCUT2D eigenvalue weighted by Gasteiger charge is 2.33. The third kappa shape index (κ3) is 4.78. The van der Waals surface area contributed by atoms with E-state index in [0.29, 0.717) is 23.6 Å². The SMILES string of the molecule is CCN(C(=O)CCC(=O)c1cccc(Cl)c1)C1CCS(=O)(=O)C1.